The highest BCUT2D eigenvalue weighted by atomic mass is 16.4. The van der Waals surface area contributed by atoms with Crippen LogP contribution in [0.15, 0.2) is 44.6 Å². The molecular weight excluding hydrogens is 348 g/mol. The summed E-state index contributed by atoms with van der Waals surface area (Å²) in [7, 11) is 0. The lowest BCUT2D eigenvalue weighted by atomic mass is 10.0. The maximum atomic E-state index is 12.4. The lowest BCUT2D eigenvalue weighted by molar-refractivity contribution is 0.424. The van der Waals surface area contributed by atoms with E-state index in [2.05, 4.69) is 32.8 Å². The third-order valence-electron chi connectivity index (χ3n) is 5.16. The summed E-state index contributed by atoms with van der Waals surface area (Å²) < 4.78 is 7.99. The number of nitrogens with zero attached hydrogens (tertiary/aromatic N) is 4. The van der Waals surface area contributed by atoms with E-state index in [9.17, 15) is 9.59 Å². The van der Waals surface area contributed by atoms with Crippen molar-refractivity contribution >= 4 is 11.5 Å². The molecule has 5 rings (SSSR count). The van der Waals surface area contributed by atoms with E-state index in [1.807, 2.05) is 12.1 Å². The molecule has 0 amide bonds. The second-order valence-corrected chi connectivity index (χ2v) is 6.81. The third kappa shape index (κ3) is 2.71. The van der Waals surface area contributed by atoms with Gasteiger partial charge in [-0.1, -0.05) is 24.3 Å². The Bertz CT molecular complexity index is 1130. The number of anilines is 2. The van der Waals surface area contributed by atoms with E-state index in [1.165, 1.54) is 26.7 Å². The molecule has 1 aliphatic carbocycles. The first-order valence-electron chi connectivity index (χ1n) is 8.91. The molecule has 0 fully saturated rings. The zero-order valence-electron chi connectivity index (χ0n) is 14.5. The van der Waals surface area contributed by atoms with Crippen molar-refractivity contribution in [2.75, 3.05) is 17.3 Å². The number of benzene rings is 1. The molecule has 27 heavy (non-hydrogen) atoms. The van der Waals surface area contributed by atoms with E-state index in [1.54, 1.807) is 0 Å². The van der Waals surface area contributed by atoms with E-state index < -0.39 is 5.76 Å². The molecular formula is C18H18N6O3. The molecule has 0 radical (unpaired) electrons. The lowest BCUT2D eigenvalue weighted by Crippen LogP contribution is -2.23. The Hall–Kier alpha value is -3.36. The zero-order chi connectivity index (χ0) is 18.4. The van der Waals surface area contributed by atoms with E-state index in [-0.39, 0.29) is 23.9 Å². The van der Waals surface area contributed by atoms with Crippen LogP contribution in [0.2, 0.25) is 0 Å². The van der Waals surface area contributed by atoms with Crippen molar-refractivity contribution in [3.05, 3.63) is 68.5 Å². The van der Waals surface area contributed by atoms with Crippen LogP contribution in [0.3, 0.4) is 0 Å². The highest BCUT2D eigenvalue weighted by Crippen LogP contribution is 2.33. The average Bonchev–Trinajstić information content (AvgIpc) is 3.38. The van der Waals surface area contributed by atoms with E-state index in [0.717, 1.165) is 12.8 Å². The van der Waals surface area contributed by atoms with Gasteiger partial charge in [0.2, 0.25) is 5.89 Å². The van der Waals surface area contributed by atoms with Crippen LogP contribution in [0, 0.1) is 0 Å². The number of hydrogen-bond donors (Lipinski definition) is 2. The zero-order valence-corrected chi connectivity index (χ0v) is 14.5. The molecule has 0 spiro atoms. The van der Waals surface area contributed by atoms with Crippen LogP contribution in [-0.2, 0) is 19.5 Å². The summed E-state index contributed by atoms with van der Waals surface area (Å²) in [6, 6.07) is 8.29. The first-order valence-corrected chi connectivity index (χ1v) is 8.91. The summed E-state index contributed by atoms with van der Waals surface area (Å²) in [6.07, 6.45) is 3.42. The Morgan fingerprint density at radius 2 is 2.11 bits per heavy atom. The number of rotatable bonds is 4. The van der Waals surface area contributed by atoms with Crippen LogP contribution in [0.4, 0.5) is 11.5 Å². The molecule has 2 aliphatic rings. The lowest BCUT2D eigenvalue weighted by Gasteiger charge is -2.09. The Balaban J connectivity index is 1.38. The highest BCUT2D eigenvalue weighted by molar-refractivity contribution is 5.67. The van der Waals surface area contributed by atoms with Gasteiger partial charge in [0.1, 0.15) is 18.6 Å². The first-order chi connectivity index (χ1) is 13.2. The molecule has 138 valence electrons. The van der Waals surface area contributed by atoms with E-state index in [0.29, 0.717) is 24.7 Å². The number of nitrogens with one attached hydrogen (secondary N) is 2. The van der Waals surface area contributed by atoms with Gasteiger partial charge in [0.25, 0.3) is 5.56 Å². The monoisotopic (exact) mass is 366 g/mol. The van der Waals surface area contributed by atoms with Gasteiger partial charge in [0.05, 0.1) is 13.2 Å². The molecule has 1 aliphatic heterocycles. The molecule has 0 bridgehead atoms. The van der Waals surface area contributed by atoms with E-state index in [4.69, 9.17) is 4.42 Å². The largest absolute Gasteiger partial charge is 0.437 e. The number of aromatic nitrogens is 4. The number of aryl methyl sites for hydroxylation is 1. The summed E-state index contributed by atoms with van der Waals surface area (Å²) in [4.78, 5) is 28.8. The Labute approximate surface area is 153 Å². The molecule has 2 N–H and O–H groups in total. The van der Waals surface area contributed by atoms with Gasteiger partial charge >= 0.3 is 5.76 Å². The number of fused-ring (bicyclic) bond motifs is 2. The Morgan fingerprint density at radius 3 is 3.04 bits per heavy atom. The number of hydrogen-bond acceptors (Lipinski definition) is 7. The Morgan fingerprint density at radius 1 is 1.22 bits per heavy atom. The molecule has 0 saturated carbocycles. The van der Waals surface area contributed by atoms with Crippen molar-refractivity contribution in [3.63, 3.8) is 0 Å². The van der Waals surface area contributed by atoms with Crippen LogP contribution in [0.1, 0.15) is 29.4 Å². The Kier molecular flexibility index (Phi) is 3.59. The molecule has 0 saturated heterocycles. The maximum absolute atomic E-state index is 12.4. The molecule has 3 heterocycles. The van der Waals surface area contributed by atoms with Gasteiger partial charge in [-0.15, -0.1) is 5.10 Å². The maximum Gasteiger partial charge on any atom is 0.437 e. The minimum atomic E-state index is -0.503. The van der Waals surface area contributed by atoms with Gasteiger partial charge in [-0.3, -0.25) is 9.36 Å². The summed E-state index contributed by atoms with van der Waals surface area (Å²) >= 11 is 0. The van der Waals surface area contributed by atoms with Crippen molar-refractivity contribution in [2.45, 2.75) is 31.8 Å². The molecule has 9 heteroatoms. The standard InChI is InChI=1S/C18H18N6O3/c25-17-15-16(20-9-19-15)21-10-23(17)8-14-22-24(18(26)27-14)7-12-6-5-11-3-1-2-4-13(11)12/h1-4,10,12,19-20H,5-9H2/t12-/m0/s1. The first kappa shape index (κ1) is 15.9. The molecule has 1 atom stereocenters. The predicted octanol–water partition coefficient (Wildman–Crippen LogP) is 0.966. The van der Waals surface area contributed by atoms with Crippen molar-refractivity contribution in [3.8, 4) is 0 Å². The second-order valence-electron chi connectivity index (χ2n) is 6.81. The second kappa shape index (κ2) is 6.11. The summed E-state index contributed by atoms with van der Waals surface area (Å²) in [5, 5.41) is 10.2. The quantitative estimate of drug-likeness (QED) is 0.708. The summed E-state index contributed by atoms with van der Waals surface area (Å²) in [6.45, 7) is 1.00. The van der Waals surface area contributed by atoms with Gasteiger partial charge in [0, 0.05) is 5.92 Å². The minimum absolute atomic E-state index is 0.0598. The summed E-state index contributed by atoms with van der Waals surface area (Å²) in [5.41, 5.74) is 2.79. The molecule has 0 unspecified atom stereocenters. The normalized spacial score (nSPS) is 17.3. The topological polar surface area (TPSA) is 107 Å². The average molecular weight is 366 g/mol. The fourth-order valence-corrected chi connectivity index (χ4v) is 3.83. The van der Waals surface area contributed by atoms with Crippen molar-refractivity contribution in [1.29, 1.82) is 0 Å². The van der Waals surface area contributed by atoms with Crippen LogP contribution in [0.25, 0.3) is 0 Å². The SMILES string of the molecule is O=c1c2c(ncn1Cc1nn(C[C@@H]3CCc4ccccc43)c(=O)o1)NCN2. The molecule has 2 aromatic heterocycles. The van der Waals surface area contributed by atoms with Gasteiger partial charge in [-0.2, -0.15) is 4.68 Å². The van der Waals surface area contributed by atoms with Gasteiger partial charge in [-0.25, -0.2) is 9.78 Å². The summed E-state index contributed by atoms with van der Waals surface area (Å²) in [5.74, 6) is 0.470. The van der Waals surface area contributed by atoms with Crippen LogP contribution in [0.5, 0.6) is 0 Å². The highest BCUT2D eigenvalue weighted by Gasteiger charge is 2.24. The van der Waals surface area contributed by atoms with Gasteiger partial charge in [0.15, 0.2) is 5.82 Å². The van der Waals surface area contributed by atoms with Gasteiger partial charge < -0.3 is 15.1 Å². The van der Waals surface area contributed by atoms with E-state index >= 15 is 0 Å². The van der Waals surface area contributed by atoms with Crippen molar-refractivity contribution < 1.29 is 4.42 Å². The smallest absolute Gasteiger partial charge is 0.390 e. The van der Waals surface area contributed by atoms with Crippen LogP contribution >= 0.6 is 0 Å². The fraction of sp³-hybridized carbons (Fsp3) is 0.333. The van der Waals surface area contributed by atoms with Crippen molar-refractivity contribution in [1.82, 2.24) is 19.3 Å². The molecule has 1 aromatic carbocycles. The van der Waals surface area contributed by atoms with Gasteiger partial charge in [-0.05, 0) is 24.0 Å². The molecule has 3 aromatic rings. The predicted molar refractivity (Wildman–Crippen MR) is 98.0 cm³/mol. The minimum Gasteiger partial charge on any atom is -0.390 e. The van der Waals surface area contributed by atoms with Crippen LogP contribution in [-0.4, -0.2) is 26.0 Å². The molecule has 9 nitrogen and oxygen atoms in total. The third-order valence-corrected chi connectivity index (χ3v) is 5.16. The van der Waals surface area contributed by atoms with Crippen molar-refractivity contribution in [2.24, 2.45) is 0 Å². The van der Waals surface area contributed by atoms with Crippen LogP contribution < -0.4 is 21.9 Å². The fourth-order valence-electron chi connectivity index (χ4n) is 3.83.